The van der Waals surface area contributed by atoms with Crippen LogP contribution >= 0.6 is 12.2 Å². The van der Waals surface area contributed by atoms with Gasteiger partial charge in [0.1, 0.15) is 5.82 Å². The fourth-order valence-corrected chi connectivity index (χ4v) is 3.08. The van der Waals surface area contributed by atoms with Gasteiger partial charge in [-0.15, -0.1) is 0 Å². The molecule has 3 rings (SSSR count). The van der Waals surface area contributed by atoms with Gasteiger partial charge < -0.3 is 15.5 Å². The van der Waals surface area contributed by atoms with Crippen LogP contribution in [0, 0.1) is 19.7 Å². The first kappa shape index (κ1) is 17.4. The van der Waals surface area contributed by atoms with Crippen LogP contribution in [0.2, 0.25) is 0 Å². The Balaban J connectivity index is 1.75. The number of rotatable bonds is 3. The number of anilines is 3. The molecular weight excluding hydrogens is 337 g/mol. The van der Waals surface area contributed by atoms with Crippen molar-refractivity contribution in [2.45, 2.75) is 26.7 Å². The molecule has 1 saturated heterocycles. The second-order valence-corrected chi connectivity index (χ2v) is 6.62. The summed E-state index contributed by atoms with van der Waals surface area (Å²) in [5, 5.41) is 6.63. The fourth-order valence-electron chi connectivity index (χ4n) is 2.86. The van der Waals surface area contributed by atoms with Gasteiger partial charge in [-0.25, -0.2) is 4.39 Å². The SMILES string of the molecule is Cc1ccc(C)c(NC(=S)Nc2ccc(F)c(N3CCCC3=O)c2)c1. The zero-order valence-corrected chi connectivity index (χ0v) is 15.0. The monoisotopic (exact) mass is 357 g/mol. The first-order valence-corrected chi connectivity index (χ1v) is 8.60. The lowest BCUT2D eigenvalue weighted by Gasteiger charge is -2.18. The van der Waals surface area contributed by atoms with Crippen LogP contribution in [0.5, 0.6) is 0 Å². The van der Waals surface area contributed by atoms with Crippen LogP contribution in [0.1, 0.15) is 24.0 Å². The molecule has 2 N–H and O–H groups in total. The van der Waals surface area contributed by atoms with Crippen molar-refractivity contribution in [3.8, 4) is 0 Å². The minimum absolute atomic E-state index is 0.0489. The van der Waals surface area contributed by atoms with E-state index < -0.39 is 5.82 Å². The molecule has 1 aliphatic rings. The van der Waals surface area contributed by atoms with Crippen molar-refractivity contribution in [3.63, 3.8) is 0 Å². The molecule has 1 amide bonds. The van der Waals surface area contributed by atoms with Gasteiger partial charge in [0.05, 0.1) is 5.69 Å². The molecule has 2 aromatic carbocycles. The number of nitrogens with one attached hydrogen (secondary N) is 2. The number of carbonyl (C=O) groups is 1. The maximum atomic E-state index is 14.1. The second-order valence-electron chi connectivity index (χ2n) is 6.21. The van der Waals surface area contributed by atoms with Crippen molar-refractivity contribution < 1.29 is 9.18 Å². The number of benzene rings is 2. The van der Waals surface area contributed by atoms with Crippen molar-refractivity contribution in [2.75, 3.05) is 22.1 Å². The highest BCUT2D eigenvalue weighted by Crippen LogP contribution is 2.27. The highest BCUT2D eigenvalue weighted by atomic mass is 32.1. The summed E-state index contributed by atoms with van der Waals surface area (Å²) in [6, 6.07) is 10.7. The van der Waals surface area contributed by atoms with E-state index in [2.05, 4.69) is 10.6 Å². The third-order valence-corrected chi connectivity index (χ3v) is 4.41. The van der Waals surface area contributed by atoms with Gasteiger partial charge in [-0.1, -0.05) is 12.1 Å². The van der Waals surface area contributed by atoms with Gasteiger partial charge in [0.25, 0.3) is 0 Å². The van der Waals surface area contributed by atoms with E-state index in [4.69, 9.17) is 12.2 Å². The Morgan fingerprint density at radius 3 is 2.68 bits per heavy atom. The summed E-state index contributed by atoms with van der Waals surface area (Å²) in [4.78, 5) is 13.4. The molecule has 0 aromatic heterocycles. The van der Waals surface area contributed by atoms with E-state index in [1.54, 1.807) is 12.1 Å². The van der Waals surface area contributed by atoms with Crippen molar-refractivity contribution >= 4 is 40.3 Å². The van der Waals surface area contributed by atoms with Gasteiger partial charge in [-0.05, 0) is 67.9 Å². The lowest BCUT2D eigenvalue weighted by molar-refractivity contribution is -0.117. The topological polar surface area (TPSA) is 44.4 Å². The number of aryl methyl sites for hydroxylation is 2. The van der Waals surface area contributed by atoms with E-state index >= 15 is 0 Å². The largest absolute Gasteiger partial charge is 0.332 e. The Bertz CT molecular complexity index is 837. The third kappa shape index (κ3) is 3.96. The molecule has 25 heavy (non-hydrogen) atoms. The minimum atomic E-state index is -0.408. The molecule has 0 radical (unpaired) electrons. The first-order valence-electron chi connectivity index (χ1n) is 8.19. The van der Waals surface area contributed by atoms with Gasteiger partial charge in [-0.2, -0.15) is 0 Å². The van der Waals surface area contributed by atoms with Crippen molar-refractivity contribution in [1.82, 2.24) is 0 Å². The number of amides is 1. The Morgan fingerprint density at radius 2 is 1.96 bits per heavy atom. The second kappa shape index (κ2) is 7.19. The van der Waals surface area contributed by atoms with Gasteiger partial charge >= 0.3 is 0 Å². The van der Waals surface area contributed by atoms with Gasteiger partial charge in [0.2, 0.25) is 5.91 Å². The molecule has 0 atom stereocenters. The summed E-state index contributed by atoms with van der Waals surface area (Å²) in [7, 11) is 0. The molecule has 0 unspecified atom stereocenters. The lowest BCUT2D eigenvalue weighted by Crippen LogP contribution is -2.25. The van der Waals surface area contributed by atoms with Crippen molar-refractivity contribution in [1.29, 1.82) is 0 Å². The predicted octanol–water partition coefficient (Wildman–Crippen LogP) is 4.38. The molecule has 0 aliphatic carbocycles. The molecule has 1 fully saturated rings. The number of carbonyl (C=O) groups excluding carboxylic acids is 1. The number of hydrogen-bond acceptors (Lipinski definition) is 2. The summed E-state index contributed by atoms with van der Waals surface area (Å²) >= 11 is 5.36. The molecule has 1 aliphatic heterocycles. The molecule has 1 heterocycles. The average molecular weight is 357 g/mol. The van der Waals surface area contributed by atoms with E-state index in [9.17, 15) is 9.18 Å². The molecule has 0 spiro atoms. The van der Waals surface area contributed by atoms with Gasteiger partial charge in [0.15, 0.2) is 5.11 Å². The molecule has 130 valence electrons. The first-order chi connectivity index (χ1) is 11.9. The summed E-state index contributed by atoms with van der Waals surface area (Å²) in [5.41, 5.74) is 4.07. The Hall–Kier alpha value is -2.47. The Labute approximate surface area is 152 Å². The Morgan fingerprint density at radius 1 is 1.16 bits per heavy atom. The highest BCUT2D eigenvalue weighted by molar-refractivity contribution is 7.80. The summed E-state index contributed by atoms with van der Waals surface area (Å²) in [5.74, 6) is -0.457. The zero-order valence-electron chi connectivity index (χ0n) is 14.2. The van der Waals surface area contributed by atoms with Gasteiger partial charge in [0, 0.05) is 24.3 Å². The standard InChI is InChI=1S/C19H20FN3OS/c1-12-5-6-13(2)16(10-12)22-19(25)21-14-7-8-15(20)17(11-14)23-9-3-4-18(23)24/h5-8,10-11H,3-4,9H2,1-2H3,(H2,21,22,25). The minimum Gasteiger partial charge on any atom is -0.332 e. The van der Waals surface area contributed by atoms with E-state index in [0.29, 0.717) is 29.5 Å². The molecular formula is C19H20FN3OS. The average Bonchev–Trinajstić information content (AvgIpc) is 2.98. The Kier molecular flexibility index (Phi) is 4.99. The summed E-state index contributed by atoms with van der Waals surface area (Å²) in [6.45, 7) is 4.56. The molecule has 6 heteroatoms. The maximum absolute atomic E-state index is 14.1. The van der Waals surface area contributed by atoms with E-state index in [1.165, 1.54) is 11.0 Å². The smallest absolute Gasteiger partial charge is 0.227 e. The summed E-state index contributed by atoms with van der Waals surface area (Å²) in [6.07, 6.45) is 1.21. The number of thiocarbonyl (C=S) groups is 1. The summed E-state index contributed by atoms with van der Waals surface area (Å²) < 4.78 is 14.1. The van der Waals surface area contributed by atoms with Crippen molar-refractivity contribution in [2.24, 2.45) is 0 Å². The van der Waals surface area contributed by atoms with Gasteiger partial charge in [-0.3, -0.25) is 4.79 Å². The fraction of sp³-hybridized carbons (Fsp3) is 0.263. The lowest BCUT2D eigenvalue weighted by atomic mass is 10.1. The number of nitrogens with zero attached hydrogens (tertiary/aromatic N) is 1. The number of hydrogen-bond donors (Lipinski definition) is 2. The van der Waals surface area contributed by atoms with E-state index in [-0.39, 0.29) is 5.91 Å². The number of halogens is 1. The zero-order chi connectivity index (χ0) is 18.0. The van der Waals surface area contributed by atoms with Crippen molar-refractivity contribution in [3.05, 3.63) is 53.3 Å². The van der Waals surface area contributed by atoms with Crippen LogP contribution in [0.4, 0.5) is 21.5 Å². The highest BCUT2D eigenvalue weighted by Gasteiger charge is 2.24. The van der Waals surface area contributed by atoms with Crippen LogP contribution in [-0.4, -0.2) is 17.6 Å². The molecule has 2 aromatic rings. The molecule has 4 nitrogen and oxygen atoms in total. The van der Waals surface area contributed by atoms with Crippen LogP contribution in [0.15, 0.2) is 36.4 Å². The normalized spacial score (nSPS) is 13.9. The maximum Gasteiger partial charge on any atom is 0.227 e. The van der Waals surface area contributed by atoms with Crippen LogP contribution < -0.4 is 15.5 Å². The van der Waals surface area contributed by atoms with E-state index in [1.807, 2.05) is 32.0 Å². The van der Waals surface area contributed by atoms with E-state index in [0.717, 1.165) is 23.2 Å². The van der Waals surface area contributed by atoms with Crippen LogP contribution in [0.3, 0.4) is 0 Å². The third-order valence-electron chi connectivity index (χ3n) is 4.21. The van der Waals surface area contributed by atoms with Crippen LogP contribution in [0.25, 0.3) is 0 Å². The predicted molar refractivity (Wildman–Crippen MR) is 104 cm³/mol. The molecule has 0 bridgehead atoms. The quantitative estimate of drug-likeness (QED) is 0.800. The van der Waals surface area contributed by atoms with Crippen LogP contribution in [-0.2, 0) is 4.79 Å². The molecule has 0 saturated carbocycles.